The number of aliphatic hydroxyl groups is 1. The Morgan fingerprint density at radius 1 is 1.36 bits per heavy atom. The van der Waals surface area contributed by atoms with Crippen molar-refractivity contribution in [3.05, 3.63) is 24.0 Å². The van der Waals surface area contributed by atoms with E-state index in [4.69, 9.17) is 0 Å². The second-order valence-electron chi connectivity index (χ2n) is 5.39. The molecule has 2 unspecified atom stereocenters. The van der Waals surface area contributed by atoms with E-state index < -0.39 is 33.4 Å². The number of hydrogen-bond acceptors (Lipinski definition) is 4. The summed E-state index contributed by atoms with van der Waals surface area (Å²) >= 11 is 0. The molecule has 0 aliphatic carbocycles. The molecule has 0 aliphatic heterocycles. The minimum atomic E-state index is -4.62. The molecule has 2 atom stereocenters. The van der Waals surface area contributed by atoms with Crippen molar-refractivity contribution in [1.82, 2.24) is 9.71 Å². The standard InChI is InChI=1S/C13H19F3N2O3S/c1-4-12(3,9(2)19)8-18-22(20,21)10-5-6-11(17-7-10)13(14,15)16/h5-7,9,18-19H,4,8H2,1-3H3. The maximum Gasteiger partial charge on any atom is 0.433 e. The van der Waals surface area contributed by atoms with Gasteiger partial charge in [-0.25, -0.2) is 13.1 Å². The number of alkyl halides is 3. The topological polar surface area (TPSA) is 79.3 Å². The molecule has 1 heterocycles. The zero-order valence-corrected chi connectivity index (χ0v) is 13.3. The lowest BCUT2D eigenvalue weighted by Gasteiger charge is -2.31. The van der Waals surface area contributed by atoms with Gasteiger partial charge in [-0.05, 0) is 25.5 Å². The summed E-state index contributed by atoms with van der Waals surface area (Å²) in [5.41, 5.74) is -1.83. The van der Waals surface area contributed by atoms with Gasteiger partial charge < -0.3 is 5.11 Å². The van der Waals surface area contributed by atoms with E-state index in [1.165, 1.54) is 0 Å². The smallest absolute Gasteiger partial charge is 0.393 e. The molecular formula is C13H19F3N2O3S. The fourth-order valence-electron chi connectivity index (χ4n) is 1.62. The highest BCUT2D eigenvalue weighted by Crippen LogP contribution is 2.28. The molecule has 2 N–H and O–H groups in total. The van der Waals surface area contributed by atoms with E-state index in [1.807, 2.05) is 0 Å². The summed E-state index contributed by atoms with van der Waals surface area (Å²) in [6.45, 7) is 5.04. The quantitative estimate of drug-likeness (QED) is 0.832. The van der Waals surface area contributed by atoms with Crippen LogP contribution in [0.15, 0.2) is 23.2 Å². The predicted molar refractivity (Wildman–Crippen MR) is 74.5 cm³/mol. The summed E-state index contributed by atoms with van der Waals surface area (Å²) in [7, 11) is -3.99. The Hall–Kier alpha value is -1.19. The van der Waals surface area contributed by atoms with Crippen molar-refractivity contribution >= 4 is 10.0 Å². The third kappa shape index (κ3) is 4.40. The van der Waals surface area contributed by atoms with E-state index in [0.29, 0.717) is 18.7 Å². The van der Waals surface area contributed by atoms with Crippen molar-refractivity contribution in [2.24, 2.45) is 5.41 Å². The predicted octanol–water partition coefficient (Wildman–Crippen LogP) is 2.18. The van der Waals surface area contributed by atoms with Crippen molar-refractivity contribution in [3.8, 4) is 0 Å². The first kappa shape index (κ1) is 18.9. The summed E-state index contributed by atoms with van der Waals surface area (Å²) in [6, 6.07) is 1.46. The van der Waals surface area contributed by atoms with Crippen LogP contribution < -0.4 is 4.72 Å². The molecule has 1 aromatic rings. The molecule has 0 aliphatic rings. The lowest BCUT2D eigenvalue weighted by molar-refractivity contribution is -0.141. The maximum atomic E-state index is 12.4. The number of hydrogen-bond donors (Lipinski definition) is 2. The summed E-state index contributed by atoms with van der Waals surface area (Å²) in [4.78, 5) is 2.77. The number of sulfonamides is 1. The van der Waals surface area contributed by atoms with Gasteiger partial charge in [0.25, 0.3) is 0 Å². The van der Waals surface area contributed by atoms with Gasteiger partial charge in [0.05, 0.1) is 6.10 Å². The van der Waals surface area contributed by atoms with Crippen LogP contribution in [0.1, 0.15) is 32.9 Å². The van der Waals surface area contributed by atoms with Gasteiger partial charge in [0, 0.05) is 18.2 Å². The number of rotatable bonds is 6. The van der Waals surface area contributed by atoms with E-state index in [-0.39, 0.29) is 11.4 Å². The van der Waals surface area contributed by atoms with E-state index in [0.717, 1.165) is 6.07 Å². The minimum absolute atomic E-state index is 0.0372. The van der Waals surface area contributed by atoms with Crippen molar-refractivity contribution in [1.29, 1.82) is 0 Å². The van der Waals surface area contributed by atoms with Crippen LogP contribution in [0.4, 0.5) is 13.2 Å². The number of aromatic nitrogens is 1. The van der Waals surface area contributed by atoms with Crippen molar-refractivity contribution < 1.29 is 26.7 Å². The molecule has 0 fully saturated rings. The zero-order chi connectivity index (χ0) is 17.2. The van der Waals surface area contributed by atoms with Gasteiger partial charge in [-0.3, -0.25) is 4.98 Å². The highest BCUT2D eigenvalue weighted by Gasteiger charge is 2.33. The van der Waals surface area contributed by atoms with Gasteiger partial charge >= 0.3 is 6.18 Å². The Balaban J connectivity index is 2.92. The van der Waals surface area contributed by atoms with Gasteiger partial charge in [-0.2, -0.15) is 13.2 Å². The van der Waals surface area contributed by atoms with E-state index in [2.05, 4.69) is 9.71 Å². The lowest BCUT2D eigenvalue weighted by atomic mass is 9.83. The first-order chi connectivity index (χ1) is 9.92. The van der Waals surface area contributed by atoms with Crippen LogP contribution in [0.3, 0.4) is 0 Å². The van der Waals surface area contributed by atoms with Crippen molar-refractivity contribution in [2.45, 2.75) is 44.4 Å². The fourth-order valence-corrected chi connectivity index (χ4v) is 2.74. The zero-order valence-electron chi connectivity index (χ0n) is 12.5. The second-order valence-corrected chi connectivity index (χ2v) is 7.15. The average Bonchev–Trinajstić information content (AvgIpc) is 2.44. The van der Waals surface area contributed by atoms with Crippen LogP contribution in [-0.2, 0) is 16.2 Å². The Kier molecular flexibility index (Phi) is 5.58. The summed E-state index contributed by atoms with van der Waals surface area (Å²) in [5.74, 6) is 0. The molecule has 22 heavy (non-hydrogen) atoms. The van der Waals surface area contributed by atoms with Crippen LogP contribution in [-0.4, -0.2) is 31.2 Å². The summed E-state index contributed by atoms with van der Waals surface area (Å²) < 4.78 is 63.6. The molecule has 1 aromatic heterocycles. The number of nitrogens with zero attached hydrogens (tertiary/aromatic N) is 1. The fraction of sp³-hybridized carbons (Fsp3) is 0.615. The summed E-state index contributed by atoms with van der Waals surface area (Å²) in [5, 5.41) is 9.69. The highest BCUT2D eigenvalue weighted by molar-refractivity contribution is 7.89. The Labute approximate surface area is 127 Å². The molecule has 0 saturated heterocycles. The van der Waals surface area contributed by atoms with E-state index in [9.17, 15) is 26.7 Å². The number of nitrogens with one attached hydrogen (secondary N) is 1. The van der Waals surface area contributed by atoms with Gasteiger partial charge in [0.1, 0.15) is 10.6 Å². The molecule has 0 spiro atoms. The molecule has 126 valence electrons. The molecule has 0 amide bonds. The number of aliphatic hydroxyl groups excluding tert-OH is 1. The van der Waals surface area contributed by atoms with Crippen molar-refractivity contribution in [2.75, 3.05) is 6.54 Å². The van der Waals surface area contributed by atoms with E-state index in [1.54, 1.807) is 20.8 Å². The Morgan fingerprint density at radius 3 is 2.32 bits per heavy atom. The largest absolute Gasteiger partial charge is 0.433 e. The first-order valence-electron chi connectivity index (χ1n) is 6.63. The highest BCUT2D eigenvalue weighted by atomic mass is 32.2. The van der Waals surface area contributed by atoms with Gasteiger partial charge in [0.15, 0.2) is 0 Å². The molecule has 0 radical (unpaired) electrons. The van der Waals surface area contributed by atoms with Gasteiger partial charge in [-0.15, -0.1) is 0 Å². The van der Waals surface area contributed by atoms with Crippen LogP contribution in [0.2, 0.25) is 0 Å². The molecule has 9 heteroatoms. The Bertz CT molecular complexity index is 600. The second kappa shape index (κ2) is 6.51. The number of pyridine rings is 1. The SMILES string of the molecule is CCC(C)(CNS(=O)(=O)c1ccc(C(F)(F)F)nc1)C(C)O. The molecule has 5 nitrogen and oxygen atoms in total. The molecule has 0 saturated carbocycles. The van der Waals surface area contributed by atoms with Crippen LogP contribution in [0.5, 0.6) is 0 Å². The maximum absolute atomic E-state index is 12.4. The van der Waals surface area contributed by atoms with E-state index >= 15 is 0 Å². The van der Waals surface area contributed by atoms with Gasteiger partial charge in [0.2, 0.25) is 10.0 Å². The Morgan fingerprint density at radius 2 is 1.95 bits per heavy atom. The average molecular weight is 340 g/mol. The molecule has 0 aromatic carbocycles. The van der Waals surface area contributed by atoms with Gasteiger partial charge in [-0.1, -0.05) is 13.8 Å². The molecule has 1 rings (SSSR count). The molecule has 0 bridgehead atoms. The minimum Gasteiger partial charge on any atom is -0.393 e. The summed E-state index contributed by atoms with van der Waals surface area (Å²) in [6.07, 6.45) is -4.18. The van der Waals surface area contributed by atoms with Crippen LogP contribution in [0, 0.1) is 5.41 Å². The van der Waals surface area contributed by atoms with Crippen molar-refractivity contribution in [3.63, 3.8) is 0 Å². The number of halogens is 3. The first-order valence-corrected chi connectivity index (χ1v) is 8.11. The third-order valence-corrected chi connectivity index (χ3v) is 5.21. The van der Waals surface area contributed by atoms with Crippen LogP contribution >= 0.6 is 0 Å². The third-order valence-electron chi connectivity index (χ3n) is 3.82. The normalized spacial score (nSPS) is 17.0. The lowest BCUT2D eigenvalue weighted by Crippen LogP contribution is -2.41. The van der Waals surface area contributed by atoms with Crippen LogP contribution in [0.25, 0.3) is 0 Å². The monoisotopic (exact) mass is 340 g/mol. The molecular weight excluding hydrogens is 321 g/mol.